The van der Waals surface area contributed by atoms with Crippen molar-refractivity contribution >= 4 is 22.5 Å². The Morgan fingerprint density at radius 3 is 3.11 bits per heavy atom. The Bertz CT molecular complexity index is 586. The van der Waals surface area contributed by atoms with Crippen molar-refractivity contribution in [2.45, 2.75) is 19.3 Å². The maximum Gasteiger partial charge on any atom is 0.272 e. The summed E-state index contributed by atoms with van der Waals surface area (Å²) in [5, 5.41) is 10.6. The van der Waals surface area contributed by atoms with E-state index in [4.69, 9.17) is 5.73 Å². The number of benzene rings is 1. The highest BCUT2D eigenvalue weighted by Gasteiger charge is 2.21. The predicted molar refractivity (Wildman–Crippen MR) is 70.2 cm³/mol. The number of carbonyl (C=O) groups is 1. The van der Waals surface area contributed by atoms with Gasteiger partial charge >= 0.3 is 0 Å². The Kier molecular flexibility index (Phi) is 2.66. The van der Waals surface area contributed by atoms with E-state index in [9.17, 15) is 4.79 Å². The summed E-state index contributed by atoms with van der Waals surface area (Å²) >= 11 is 0. The van der Waals surface area contributed by atoms with Crippen LogP contribution in [-0.2, 0) is 0 Å². The van der Waals surface area contributed by atoms with Crippen LogP contribution in [0.1, 0.15) is 29.8 Å². The summed E-state index contributed by atoms with van der Waals surface area (Å²) in [4.78, 5) is 12.0. The lowest BCUT2D eigenvalue weighted by atomic mass is 10.2. The van der Waals surface area contributed by atoms with Crippen LogP contribution >= 0.6 is 0 Å². The van der Waals surface area contributed by atoms with Crippen LogP contribution in [0.4, 0.5) is 5.69 Å². The molecular weight excluding hydrogens is 228 g/mol. The fraction of sp³-hybridized carbons (Fsp3) is 0.385. The van der Waals surface area contributed by atoms with Gasteiger partial charge in [-0.2, -0.15) is 5.10 Å². The zero-order chi connectivity index (χ0) is 12.5. The highest BCUT2D eigenvalue weighted by Crippen LogP contribution is 2.31. The van der Waals surface area contributed by atoms with Crippen molar-refractivity contribution in [3.05, 3.63) is 23.9 Å². The number of H-pyrrole nitrogens is 1. The highest BCUT2D eigenvalue weighted by atomic mass is 16.1. The third kappa shape index (κ3) is 2.16. The number of nitrogens with two attached hydrogens (primary N) is 1. The number of nitrogen functional groups attached to an aromatic ring is 1. The molecule has 0 unspecified atom stereocenters. The van der Waals surface area contributed by atoms with Gasteiger partial charge in [0, 0.05) is 17.6 Å². The molecule has 5 heteroatoms. The van der Waals surface area contributed by atoms with Gasteiger partial charge in [0.2, 0.25) is 0 Å². The first kappa shape index (κ1) is 11.1. The minimum absolute atomic E-state index is 0.132. The number of nitrogens with one attached hydrogen (secondary N) is 2. The van der Waals surface area contributed by atoms with Crippen molar-refractivity contribution < 1.29 is 4.79 Å². The zero-order valence-corrected chi connectivity index (χ0v) is 10.1. The first-order chi connectivity index (χ1) is 8.74. The molecule has 1 heterocycles. The van der Waals surface area contributed by atoms with Crippen LogP contribution in [0, 0.1) is 5.92 Å². The van der Waals surface area contributed by atoms with Crippen molar-refractivity contribution in [1.29, 1.82) is 0 Å². The van der Waals surface area contributed by atoms with Gasteiger partial charge in [-0.1, -0.05) is 12.8 Å². The standard InChI is InChI=1S/C13H16N4O/c14-9-3-4-11-10(7-9)12(17-16-11)13(18)15-6-5-8-1-2-8/h3-4,7-8H,1-2,5-6,14H2,(H,15,18)(H,16,17). The Hall–Kier alpha value is -2.04. The van der Waals surface area contributed by atoms with Gasteiger partial charge in [-0.15, -0.1) is 0 Å². The van der Waals surface area contributed by atoms with E-state index in [0.717, 1.165) is 29.8 Å². The van der Waals surface area contributed by atoms with Gasteiger partial charge in [-0.05, 0) is 30.5 Å². The molecule has 0 aliphatic heterocycles. The first-order valence-electron chi connectivity index (χ1n) is 6.26. The number of fused-ring (bicyclic) bond motifs is 1. The number of carbonyl (C=O) groups excluding carboxylic acids is 1. The van der Waals surface area contributed by atoms with Gasteiger partial charge in [0.1, 0.15) is 0 Å². The van der Waals surface area contributed by atoms with E-state index in [2.05, 4.69) is 15.5 Å². The summed E-state index contributed by atoms with van der Waals surface area (Å²) in [7, 11) is 0. The fourth-order valence-corrected chi connectivity index (χ4v) is 2.08. The van der Waals surface area contributed by atoms with Crippen LogP contribution in [0.3, 0.4) is 0 Å². The molecule has 0 bridgehead atoms. The third-order valence-electron chi connectivity index (χ3n) is 3.34. The van der Waals surface area contributed by atoms with Gasteiger partial charge in [0.05, 0.1) is 5.52 Å². The van der Waals surface area contributed by atoms with Crippen LogP contribution in [0.2, 0.25) is 0 Å². The second-order valence-corrected chi connectivity index (χ2v) is 4.87. The molecular formula is C13H16N4O. The second kappa shape index (κ2) is 4.33. The van der Waals surface area contributed by atoms with E-state index >= 15 is 0 Å². The number of nitrogens with zero attached hydrogens (tertiary/aromatic N) is 1. The van der Waals surface area contributed by atoms with E-state index in [1.54, 1.807) is 12.1 Å². The number of hydrogen-bond donors (Lipinski definition) is 3. The van der Waals surface area contributed by atoms with Gasteiger partial charge < -0.3 is 11.1 Å². The van der Waals surface area contributed by atoms with E-state index in [0.29, 0.717) is 11.4 Å². The maximum atomic E-state index is 12.0. The number of anilines is 1. The van der Waals surface area contributed by atoms with Crippen molar-refractivity contribution in [2.75, 3.05) is 12.3 Å². The molecule has 1 saturated carbocycles. The van der Waals surface area contributed by atoms with Crippen LogP contribution in [0.25, 0.3) is 10.9 Å². The average molecular weight is 244 g/mol. The summed E-state index contributed by atoms with van der Waals surface area (Å²) < 4.78 is 0. The highest BCUT2D eigenvalue weighted by molar-refractivity contribution is 6.05. The number of aromatic amines is 1. The van der Waals surface area contributed by atoms with E-state index in [-0.39, 0.29) is 5.91 Å². The molecule has 5 nitrogen and oxygen atoms in total. The van der Waals surface area contributed by atoms with Crippen molar-refractivity contribution in [3.63, 3.8) is 0 Å². The molecule has 0 spiro atoms. The van der Waals surface area contributed by atoms with Gasteiger partial charge in [0.15, 0.2) is 5.69 Å². The summed E-state index contributed by atoms with van der Waals surface area (Å²) in [5.74, 6) is 0.685. The number of rotatable bonds is 4. The van der Waals surface area contributed by atoms with Gasteiger partial charge in [-0.3, -0.25) is 9.89 Å². The van der Waals surface area contributed by atoms with Crippen LogP contribution in [0.15, 0.2) is 18.2 Å². The van der Waals surface area contributed by atoms with Crippen molar-refractivity contribution in [2.24, 2.45) is 5.92 Å². The minimum atomic E-state index is -0.132. The zero-order valence-electron chi connectivity index (χ0n) is 10.1. The molecule has 0 atom stereocenters. The fourth-order valence-electron chi connectivity index (χ4n) is 2.08. The molecule has 1 aliphatic rings. The largest absolute Gasteiger partial charge is 0.399 e. The number of hydrogen-bond acceptors (Lipinski definition) is 3. The third-order valence-corrected chi connectivity index (χ3v) is 3.34. The molecule has 94 valence electrons. The number of aromatic nitrogens is 2. The van der Waals surface area contributed by atoms with Gasteiger partial charge in [0.25, 0.3) is 5.91 Å². The van der Waals surface area contributed by atoms with E-state index in [1.807, 2.05) is 6.07 Å². The Balaban J connectivity index is 1.75. The Morgan fingerprint density at radius 2 is 2.33 bits per heavy atom. The molecule has 1 amide bonds. The Labute approximate surface area is 105 Å². The van der Waals surface area contributed by atoms with Crippen molar-refractivity contribution in [1.82, 2.24) is 15.5 Å². The summed E-state index contributed by atoms with van der Waals surface area (Å²) in [6.07, 6.45) is 3.67. The van der Waals surface area contributed by atoms with Crippen LogP contribution in [-0.4, -0.2) is 22.6 Å². The molecule has 4 N–H and O–H groups in total. The van der Waals surface area contributed by atoms with Crippen LogP contribution in [0.5, 0.6) is 0 Å². The normalized spacial score (nSPS) is 14.9. The SMILES string of the molecule is Nc1ccc2[nH]nc(C(=O)NCCC3CC3)c2c1. The second-order valence-electron chi connectivity index (χ2n) is 4.87. The van der Waals surface area contributed by atoms with Gasteiger partial charge in [-0.25, -0.2) is 0 Å². The Morgan fingerprint density at radius 1 is 1.50 bits per heavy atom. The van der Waals surface area contributed by atoms with E-state index in [1.165, 1.54) is 12.8 Å². The quantitative estimate of drug-likeness (QED) is 0.715. The number of amides is 1. The average Bonchev–Trinajstić information content (AvgIpc) is 3.07. The lowest BCUT2D eigenvalue weighted by Crippen LogP contribution is -2.25. The molecule has 3 rings (SSSR count). The molecule has 1 aromatic heterocycles. The van der Waals surface area contributed by atoms with E-state index < -0.39 is 0 Å². The lowest BCUT2D eigenvalue weighted by Gasteiger charge is -2.02. The first-order valence-corrected chi connectivity index (χ1v) is 6.26. The summed E-state index contributed by atoms with van der Waals surface area (Å²) in [5.41, 5.74) is 7.62. The maximum absolute atomic E-state index is 12.0. The predicted octanol–water partition coefficient (Wildman–Crippen LogP) is 1.67. The molecule has 0 saturated heterocycles. The molecule has 18 heavy (non-hydrogen) atoms. The summed E-state index contributed by atoms with van der Waals surface area (Å²) in [6, 6.07) is 5.39. The topological polar surface area (TPSA) is 83.8 Å². The molecule has 2 aromatic rings. The smallest absolute Gasteiger partial charge is 0.272 e. The monoisotopic (exact) mass is 244 g/mol. The molecule has 1 aromatic carbocycles. The molecule has 1 aliphatic carbocycles. The molecule has 1 fully saturated rings. The minimum Gasteiger partial charge on any atom is -0.399 e. The molecule has 0 radical (unpaired) electrons. The van der Waals surface area contributed by atoms with Crippen molar-refractivity contribution in [3.8, 4) is 0 Å². The lowest BCUT2D eigenvalue weighted by molar-refractivity contribution is 0.0949. The summed E-state index contributed by atoms with van der Waals surface area (Å²) in [6.45, 7) is 0.722. The van der Waals surface area contributed by atoms with Crippen LogP contribution < -0.4 is 11.1 Å².